The molecule has 0 bridgehead atoms. The number of rotatable bonds is 2. The average molecular weight is 408 g/mol. The van der Waals surface area contributed by atoms with Gasteiger partial charge in [-0.05, 0) is 41.5 Å². The summed E-state index contributed by atoms with van der Waals surface area (Å²) in [5.74, 6) is 0. The zero-order valence-electron chi connectivity index (χ0n) is 18.3. The molecule has 3 aromatic carbocycles. The normalized spacial score (nSPS) is 11.9. The van der Waals surface area contributed by atoms with Crippen molar-refractivity contribution in [3.05, 3.63) is 48.5 Å². The van der Waals surface area contributed by atoms with Crippen LogP contribution in [0.3, 0.4) is 0 Å². The van der Waals surface area contributed by atoms with Crippen LogP contribution in [0.15, 0.2) is 48.5 Å². The van der Waals surface area contributed by atoms with Crippen LogP contribution in [0, 0.1) is 0 Å². The zero-order chi connectivity index (χ0) is 22.1. The Hall–Kier alpha value is -3.28. The first-order chi connectivity index (χ1) is 13.9. The van der Waals surface area contributed by atoms with Gasteiger partial charge in [0, 0.05) is 21.5 Å². The van der Waals surface area contributed by atoms with Crippen molar-refractivity contribution in [2.75, 3.05) is 10.6 Å². The van der Waals surface area contributed by atoms with Crippen LogP contribution in [0.1, 0.15) is 41.5 Å². The SMILES string of the molecule is CC(C)(C)OC(=O)Nc1c2ccccc2c(NC(=O)OC(C)(C)C)c2ccccc12. The summed E-state index contributed by atoms with van der Waals surface area (Å²) in [4.78, 5) is 25.0. The van der Waals surface area contributed by atoms with Crippen LogP contribution in [0.5, 0.6) is 0 Å². The first-order valence-electron chi connectivity index (χ1n) is 9.88. The van der Waals surface area contributed by atoms with E-state index in [1.807, 2.05) is 90.1 Å². The predicted octanol–water partition coefficient (Wildman–Crippen LogP) is 6.69. The monoisotopic (exact) mass is 408 g/mol. The molecule has 0 fully saturated rings. The second-order valence-electron chi connectivity index (χ2n) is 9.09. The predicted molar refractivity (Wildman–Crippen MR) is 121 cm³/mol. The Morgan fingerprint density at radius 1 is 0.600 bits per heavy atom. The Labute approximate surface area is 176 Å². The molecule has 30 heavy (non-hydrogen) atoms. The molecule has 158 valence electrons. The summed E-state index contributed by atoms with van der Waals surface area (Å²) in [6, 6.07) is 15.1. The summed E-state index contributed by atoms with van der Waals surface area (Å²) in [5, 5.41) is 8.94. The number of fused-ring (bicyclic) bond motifs is 2. The number of amides is 2. The van der Waals surface area contributed by atoms with Gasteiger partial charge in [0.25, 0.3) is 0 Å². The van der Waals surface area contributed by atoms with Gasteiger partial charge in [0.1, 0.15) is 11.2 Å². The lowest BCUT2D eigenvalue weighted by molar-refractivity contribution is 0.0624. The van der Waals surface area contributed by atoms with Crippen LogP contribution in [-0.2, 0) is 9.47 Å². The molecule has 0 spiro atoms. The zero-order valence-corrected chi connectivity index (χ0v) is 18.3. The van der Waals surface area contributed by atoms with Crippen molar-refractivity contribution >= 4 is 45.1 Å². The van der Waals surface area contributed by atoms with Crippen molar-refractivity contribution in [2.24, 2.45) is 0 Å². The fourth-order valence-electron chi connectivity index (χ4n) is 3.21. The van der Waals surface area contributed by atoms with Gasteiger partial charge < -0.3 is 9.47 Å². The number of carbonyl (C=O) groups excluding carboxylic acids is 2. The second-order valence-corrected chi connectivity index (χ2v) is 9.09. The molecule has 0 aliphatic carbocycles. The number of anilines is 2. The largest absolute Gasteiger partial charge is 0.444 e. The molecule has 6 heteroatoms. The highest BCUT2D eigenvalue weighted by Gasteiger charge is 2.22. The molecule has 0 unspecified atom stereocenters. The van der Waals surface area contributed by atoms with Gasteiger partial charge in [-0.1, -0.05) is 48.5 Å². The van der Waals surface area contributed by atoms with Crippen molar-refractivity contribution in [1.29, 1.82) is 0 Å². The van der Waals surface area contributed by atoms with Gasteiger partial charge in [0.15, 0.2) is 0 Å². The van der Waals surface area contributed by atoms with Gasteiger partial charge in [0.05, 0.1) is 11.4 Å². The van der Waals surface area contributed by atoms with Crippen molar-refractivity contribution in [1.82, 2.24) is 0 Å². The van der Waals surface area contributed by atoms with Crippen LogP contribution in [0.25, 0.3) is 21.5 Å². The number of benzene rings is 3. The first kappa shape index (κ1) is 21.4. The topological polar surface area (TPSA) is 76.7 Å². The number of ether oxygens (including phenoxy) is 2. The molecular weight excluding hydrogens is 380 g/mol. The van der Waals surface area contributed by atoms with Crippen LogP contribution in [-0.4, -0.2) is 23.4 Å². The lowest BCUT2D eigenvalue weighted by atomic mass is 9.98. The molecule has 0 aliphatic heterocycles. The van der Waals surface area contributed by atoms with E-state index in [0.717, 1.165) is 21.5 Å². The lowest BCUT2D eigenvalue weighted by Crippen LogP contribution is -2.28. The Kier molecular flexibility index (Phi) is 5.61. The number of hydrogen-bond donors (Lipinski definition) is 2. The molecule has 0 aromatic heterocycles. The van der Waals surface area contributed by atoms with E-state index >= 15 is 0 Å². The Balaban J connectivity index is 2.15. The van der Waals surface area contributed by atoms with E-state index in [-0.39, 0.29) is 0 Å². The quantitative estimate of drug-likeness (QED) is 0.366. The van der Waals surface area contributed by atoms with Crippen LogP contribution in [0.2, 0.25) is 0 Å². The highest BCUT2D eigenvalue weighted by Crippen LogP contribution is 2.40. The van der Waals surface area contributed by atoms with Gasteiger partial charge in [-0.15, -0.1) is 0 Å². The minimum atomic E-state index is -0.617. The van der Waals surface area contributed by atoms with Crippen molar-refractivity contribution in [3.63, 3.8) is 0 Å². The summed E-state index contributed by atoms with van der Waals surface area (Å²) < 4.78 is 10.9. The summed E-state index contributed by atoms with van der Waals surface area (Å²) in [6.45, 7) is 10.9. The molecule has 3 rings (SSSR count). The molecule has 6 nitrogen and oxygen atoms in total. The van der Waals surface area contributed by atoms with Gasteiger partial charge in [0.2, 0.25) is 0 Å². The number of hydrogen-bond acceptors (Lipinski definition) is 4. The maximum absolute atomic E-state index is 12.5. The molecule has 0 heterocycles. The van der Waals surface area contributed by atoms with Crippen molar-refractivity contribution in [2.45, 2.75) is 52.7 Å². The van der Waals surface area contributed by atoms with Gasteiger partial charge >= 0.3 is 12.2 Å². The van der Waals surface area contributed by atoms with E-state index in [1.54, 1.807) is 0 Å². The van der Waals surface area contributed by atoms with Crippen LogP contribution < -0.4 is 10.6 Å². The minimum Gasteiger partial charge on any atom is -0.444 e. The molecule has 2 amide bonds. The molecular formula is C24H28N2O4. The smallest absolute Gasteiger partial charge is 0.412 e. The highest BCUT2D eigenvalue weighted by molar-refractivity contribution is 6.23. The van der Waals surface area contributed by atoms with Gasteiger partial charge in [-0.25, -0.2) is 9.59 Å². The standard InChI is InChI=1S/C24H28N2O4/c1-23(2,3)29-21(27)25-19-15-11-7-9-13-17(15)20(18-14-10-8-12-16(18)19)26-22(28)30-24(4,5)6/h7-14H,1-6H3,(H,25,27)(H,26,28). The van der Waals surface area contributed by atoms with Gasteiger partial charge in [-0.3, -0.25) is 10.6 Å². The van der Waals surface area contributed by atoms with E-state index in [1.165, 1.54) is 0 Å². The third kappa shape index (κ3) is 5.00. The van der Waals surface area contributed by atoms with Gasteiger partial charge in [-0.2, -0.15) is 0 Å². The Morgan fingerprint density at radius 2 is 0.867 bits per heavy atom. The van der Waals surface area contributed by atoms with Crippen LogP contribution >= 0.6 is 0 Å². The first-order valence-corrected chi connectivity index (χ1v) is 9.88. The third-order valence-corrected chi connectivity index (χ3v) is 4.18. The van der Waals surface area contributed by atoms with E-state index in [9.17, 15) is 9.59 Å². The summed E-state index contributed by atoms with van der Waals surface area (Å²) >= 11 is 0. The molecule has 0 radical (unpaired) electrons. The molecule has 2 N–H and O–H groups in total. The molecule has 0 atom stereocenters. The fraction of sp³-hybridized carbons (Fsp3) is 0.333. The summed E-state index contributed by atoms with van der Waals surface area (Å²) in [7, 11) is 0. The second kappa shape index (κ2) is 7.86. The summed E-state index contributed by atoms with van der Waals surface area (Å²) in [6.07, 6.45) is -1.07. The Morgan fingerprint density at radius 3 is 1.10 bits per heavy atom. The van der Waals surface area contributed by atoms with E-state index in [4.69, 9.17) is 9.47 Å². The summed E-state index contributed by atoms with van der Waals surface area (Å²) in [5.41, 5.74) is 0.0253. The highest BCUT2D eigenvalue weighted by atomic mass is 16.6. The Bertz CT molecular complexity index is 963. The van der Waals surface area contributed by atoms with Crippen molar-refractivity contribution < 1.29 is 19.1 Å². The van der Waals surface area contributed by atoms with E-state index < -0.39 is 23.4 Å². The third-order valence-electron chi connectivity index (χ3n) is 4.18. The average Bonchev–Trinajstić information content (AvgIpc) is 2.61. The molecule has 0 aliphatic rings. The van der Waals surface area contributed by atoms with E-state index in [0.29, 0.717) is 11.4 Å². The van der Waals surface area contributed by atoms with Crippen LogP contribution in [0.4, 0.5) is 21.0 Å². The maximum atomic E-state index is 12.5. The molecule has 0 saturated carbocycles. The minimum absolute atomic E-state index is 0.536. The maximum Gasteiger partial charge on any atom is 0.412 e. The molecule has 0 saturated heterocycles. The van der Waals surface area contributed by atoms with Crippen molar-refractivity contribution in [3.8, 4) is 0 Å². The molecule has 3 aromatic rings. The fourth-order valence-corrected chi connectivity index (χ4v) is 3.21. The number of carbonyl (C=O) groups is 2. The van der Waals surface area contributed by atoms with E-state index in [2.05, 4.69) is 10.6 Å². The lowest BCUT2D eigenvalue weighted by Gasteiger charge is -2.23. The number of nitrogens with one attached hydrogen (secondary N) is 2.